The molecule has 0 atom stereocenters. The van der Waals surface area contributed by atoms with Gasteiger partial charge in [-0.1, -0.05) is 12.1 Å². The van der Waals surface area contributed by atoms with Crippen molar-refractivity contribution >= 4 is 21.5 Å². The number of benzene rings is 1. The number of nitrogens with zero attached hydrogens (tertiary/aromatic N) is 4. The Morgan fingerprint density at radius 2 is 1.92 bits per heavy atom. The molecule has 3 aromatic heterocycles. The number of anilines is 1. The first kappa shape index (κ1) is 15.1. The number of sulfonamides is 1. The topological polar surface area (TPSA) is 138 Å². The van der Waals surface area contributed by atoms with Gasteiger partial charge in [0.1, 0.15) is 5.82 Å². The standard InChI is InChI=1S/C14H11N7O3S/c22-14-16-8-15-13-11(7-18-21(13)14)9-1-3-10(4-2-9)25(23,24)20-12-5-6-17-19-12/h1-8H,(H,15,16,22)(H2,17,19,20). The SMILES string of the molecule is O=c1[nH]cnc2c(-c3ccc(S(=O)(=O)Nc4ccn[nH]4)cc3)cnn12. The van der Waals surface area contributed by atoms with Crippen molar-refractivity contribution in [1.82, 2.24) is 29.8 Å². The summed E-state index contributed by atoms with van der Waals surface area (Å²) in [6.07, 6.45) is 4.24. The summed E-state index contributed by atoms with van der Waals surface area (Å²) in [5.41, 5.74) is 1.29. The Balaban J connectivity index is 1.70. The number of H-pyrrole nitrogens is 2. The van der Waals surface area contributed by atoms with Crippen LogP contribution in [0.2, 0.25) is 0 Å². The molecule has 0 unspecified atom stereocenters. The molecular formula is C14H11N7O3S. The van der Waals surface area contributed by atoms with Gasteiger partial charge in [-0.05, 0) is 17.7 Å². The average molecular weight is 357 g/mol. The van der Waals surface area contributed by atoms with Crippen molar-refractivity contribution in [3.63, 3.8) is 0 Å². The van der Waals surface area contributed by atoms with Crippen molar-refractivity contribution in [3.8, 4) is 11.1 Å². The van der Waals surface area contributed by atoms with E-state index in [0.717, 1.165) is 4.52 Å². The van der Waals surface area contributed by atoms with Crippen LogP contribution in [0.4, 0.5) is 5.82 Å². The van der Waals surface area contributed by atoms with Gasteiger partial charge in [-0.2, -0.15) is 14.7 Å². The number of rotatable bonds is 4. The van der Waals surface area contributed by atoms with Crippen LogP contribution in [0.1, 0.15) is 0 Å². The Kier molecular flexibility index (Phi) is 3.35. The zero-order valence-corrected chi connectivity index (χ0v) is 13.4. The van der Waals surface area contributed by atoms with Gasteiger partial charge in [-0.25, -0.2) is 18.2 Å². The third kappa shape index (κ3) is 2.65. The second kappa shape index (κ2) is 5.56. The average Bonchev–Trinajstić information content (AvgIpc) is 3.25. The lowest BCUT2D eigenvalue weighted by molar-refractivity contribution is 0.601. The maximum absolute atomic E-state index is 12.3. The summed E-state index contributed by atoms with van der Waals surface area (Å²) >= 11 is 0. The van der Waals surface area contributed by atoms with E-state index in [-0.39, 0.29) is 10.7 Å². The highest BCUT2D eigenvalue weighted by Crippen LogP contribution is 2.24. The molecule has 0 amide bonds. The summed E-state index contributed by atoms with van der Waals surface area (Å²) in [6.45, 7) is 0. The highest BCUT2D eigenvalue weighted by molar-refractivity contribution is 7.92. The van der Waals surface area contributed by atoms with Crippen molar-refractivity contribution in [3.05, 3.63) is 59.5 Å². The van der Waals surface area contributed by atoms with Gasteiger partial charge in [0.2, 0.25) is 0 Å². The maximum Gasteiger partial charge on any atom is 0.349 e. The van der Waals surface area contributed by atoms with Crippen LogP contribution in [-0.2, 0) is 10.0 Å². The molecule has 11 heteroatoms. The molecule has 0 spiro atoms. The van der Waals surface area contributed by atoms with Gasteiger partial charge < -0.3 is 0 Å². The van der Waals surface area contributed by atoms with E-state index >= 15 is 0 Å². The van der Waals surface area contributed by atoms with E-state index in [0.29, 0.717) is 16.8 Å². The molecule has 126 valence electrons. The summed E-state index contributed by atoms with van der Waals surface area (Å²) in [4.78, 5) is 18.3. The van der Waals surface area contributed by atoms with Gasteiger partial charge in [0.15, 0.2) is 5.65 Å². The minimum atomic E-state index is -3.73. The van der Waals surface area contributed by atoms with E-state index in [2.05, 4.69) is 30.0 Å². The van der Waals surface area contributed by atoms with Crippen molar-refractivity contribution in [2.45, 2.75) is 4.90 Å². The molecule has 3 heterocycles. The summed E-state index contributed by atoms with van der Waals surface area (Å²) in [7, 11) is -3.73. The Morgan fingerprint density at radius 3 is 2.64 bits per heavy atom. The normalized spacial score (nSPS) is 11.7. The maximum atomic E-state index is 12.3. The first-order valence-corrected chi connectivity index (χ1v) is 8.57. The molecule has 0 saturated carbocycles. The molecule has 0 radical (unpaired) electrons. The summed E-state index contributed by atoms with van der Waals surface area (Å²) in [6, 6.07) is 7.69. The van der Waals surface area contributed by atoms with Gasteiger partial charge in [-0.3, -0.25) is 14.8 Å². The quantitative estimate of drug-likeness (QED) is 0.489. The van der Waals surface area contributed by atoms with Crippen LogP contribution >= 0.6 is 0 Å². The van der Waals surface area contributed by atoms with Gasteiger partial charge in [0.05, 0.1) is 23.6 Å². The van der Waals surface area contributed by atoms with E-state index in [1.54, 1.807) is 12.1 Å². The van der Waals surface area contributed by atoms with E-state index in [4.69, 9.17) is 0 Å². The highest BCUT2D eigenvalue weighted by Gasteiger charge is 2.16. The number of aromatic amines is 2. The number of hydrogen-bond donors (Lipinski definition) is 3. The second-order valence-electron chi connectivity index (χ2n) is 5.10. The predicted octanol–water partition coefficient (Wildman–Crippen LogP) is 0.608. The number of nitrogens with one attached hydrogen (secondary N) is 3. The fraction of sp³-hybridized carbons (Fsp3) is 0. The number of hydrogen-bond acceptors (Lipinski definition) is 6. The zero-order valence-electron chi connectivity index (χ0n) is 12.5. The largest absolute Gasteiger partial charge is 0.349 e. The fourth-order valence-electron chi connectivity index (χ4n) is 2.36. The zero-order chi connectivity index (χ0) is 17.4. The molecule has 0 aliphatic rings. The smallest absolute Gasteiger partial charge is 0.296 e. The monoisotopic (exact) mass is 357 g/mol. The molecule has 3 N–H and O–H groups in total. The molecular weight excluding hydrogens is 346 g/mol. The Morgan fingerprint density at radius 1 is 1.12 bits per heavy atom. The van der Waals surface area contributed by atoms with Crippen LogP contribution in [0.3, 0.4) is 0 Å². The van der Waals surface area contributed by atoms with Crippen molar-refractivity contribution in [2.24, 2.45) is 0 Å². The first-order chi connectivity index (χ1) is 12.0. The van der Waals surface area contributed by atoms with E-state index in [9.17, 15) is 13.2 Å². The van der Waals surface area contributed by atoms with Crippen LogP contribution in [0.25, 0.3) is 16.8 Å². The molecule has 25 heavy (non-hydrogen) atoms. The first-order valence-electron chi connectivity index (χ1n) is 7.09. The van der Waals surface area contributed by atoms with Gasteiger partial charge >= 0.3 is 5.69 Å². The fourth-order valence-corrected chi connectivity index (χ4v) is 3.37. The van der Waals surface area contributed by atoms with E-state index in [1.807, 2.05) is 0 Å². The molecule has 0 aliphatic carbocycles. The lowest BCUT2D eigenvalue weighted by atomic mass is 10.1. The molecule has 0 saturated heterocycles. The molecule has 0 fully saturated rings. The Labute approximate surface area is 140 Å². The van der Waals surface area contributed by atoms with Crippen LogP contribution in [0.15, 0.2) is 58.7 Å². The van der Waals surface area contributed by atoms with Crippen molar-refractivity contribution in [1.29, 1.82) is 0 Å². The van der Waals surface area contributed by atoms with Crippen LogP contribution in [-0.4, -0.2) is 38.2 Å². The van der Waals surface area contributed by atoms with Gasteiger partial charge in [0, 0.05) is 11.6 Å². The summed E-state index contributed by atoms with van der Waals surface area (Å²) in [5, 5.41) is 10.2. The Bertz CT molecular complexity index is 1190. The highest BCUT2D eigenvalue weighted by atomic mass is 32.2. The molecule has 0 bridgehead atoms. The van der Waals surface area contributed by atoms with Crippen LogP contribution in [0.5, 0.6) is 0 Å². The van der Waals surface area contributed by atoms with E-state index < -0.39 is 15.7 Å². The minimum Gasteiger partial charge on any atom is -0.296 e. The third-order valence-corrected chi connectivity index (χ3v) is 4.91. The van der Waals surface area contributed by atoms with Gasteiger partial charge in [-0.15, -0.1) is 0 Å². The Hall–Kier alpha value is -3.47. The van der Waals surface area contributed by atoms with Crippen LogP contribution < -0.4 is 10.4 Å². The molecule has 4 rings (SSSR count). The minimum absolute atomic E-state index is 0.0909. The molecule has 4 aromatic rings. The van der Waals surface area contributed by atoms with Crippen molar-refractivity contribution < 1.29 is 8.42 Å². The number of aromatic nitrogens is 6. The summed E-state index contributed by atoms with van der Waals surface area (Å²) < 4.78 is 28.2. The molecule has 0 aliphatic heterocycles. The predicted molar refractivity (Wildman–Crippen MR) is 88.4 cm³/mol. The lowest BCUT2D eigenvalue weighted by Crippen LogP contribution is -2.17. The van der Waals surface area contributed by atoms with Crippen molar-refractivity contribution in [2.75, 3.05) is 4.72 Å². The summed E-state index contributed by atoms with van der Waals surface area (Å²) in [5.74, 6) is 0.273. The molecule has 1 aromatic carbocycles. The van der Waals surface area contributed by atoms with Crippen LogP contribution in [0, 0.1) is 0 Å². The molecule has 10 nitrogen and oxygen atoms in total. The third-order valence-electron chi connectivity index (χ3n) is 3.53. The lowest BCUT2D eigenvalue weighted by Gasteiger charge is -2.06. The van der Waals surface area contributed by atoms with Gasteiger partial charge in [0.25, 0.3) is 10.0 Å². The second-order valence-corrected chi connectivity index (χ2v) is 6.78. The van der Waals surface area contributed by atoms with E-state index in [1.165, 1.54) is 36.9 Å². The number of fused-ring (bicyclic) bond motifs is 1.